The number of benzene rings is 1. The Morgan fingerprint density at radius 3 is 2.65 bits per heavy atom. The van der Waals surface area contributed by atoms with Gasteiger partial charge in [-0.1, -0.05) is 31.4 Å². The molecular formula is C13H18ClNO2. The Kier molecular flexibility index (Phi) is 5.29. The maximum atomic E-state index is 10.8. The molecule has 1 aromatic carbocycles. The zero-order valence-corrected chi connectivity index (χ0v) is 11.0. The molecule has 0 radical (unpaired) electrons. The zero-order valence-electron chi connectivity index (χ0n) is 10.2. The molecule has 0 spiro atoms. The Labute approximate surface area is 107 Å². The number of halogens is 1. The zero-order chi connectivity index (χ0) is 12.8. The molecule has 94 valence electrons. The summed E-state index contributed by atoms with van der Waals surface area (Å²) in [6, 6.07) is 4.84. The number of carboxylic acid groups (broad SMARTS) is 1. The van der Waals surface area contributed by atoms with E-state index in [9.17, 15) is 4.79 Å². The lowest BCUT2D eigenvalue weighted by atomic mass is 10.2. The summed E-state index contributed by atoms with van der Waals surface area (Å²) < 4.78 is 0. The van der Waals surface area contributed by atoms with Crippen LogP contribution < -0.4 is 4.90 Å². The molecule has 1 aromatic rings. The molecule has 3 nitrogen and oxygen atoms in total. The first-order chi connectivity index (χ1) is 8.06. The van der Waals surface area contributed by atoms with Crippen molar-refractivity contribution in [2.45, 2.75) is 26.2 Å². The van der Waals surface area contributed by atoms with Gasteiger partial charge in [-0.2, -0.15) is 0 Å². The van der Waals surface area contributed by atoms with Crippen molar-refractivity contribution in [2.75, 3.05) is 18.5 Å². The number of aromatic carboxylic acids is 1. The molecule has 1 N–H and O–H groups in total. The van der Waals surface area contributed by atoms with Crippen molar-refractivity contribution in [3.63, 3.8) is 0 Å². The maximum Gasteiger partial charge on any atom is 0.335 e. The molecule has 0 saturated heterocycles. The third kappa shape index (κ3) is 3.93. The lowest BCUT2D eigenvalue weighted by Crippen LogP contribution is -2.19. The van der Waals surface area contributed by atoms with Gasteiger partial charge in [0.2, 0.25) is 0 Å². The van der Waals surface area contributed by atoms with E-state index in [4.69, 9.17) is 16.7 Å². The first-order valence-electron chi connectivity index (χ1n) is 5.80. The summed E-state index contributed by atoms with van der Waals surface area (Å²) in [6.07, 6.45) is 3.48. The van der Waals surface area contributed by atoms with Crippen LogP contribution in [0, 0.1) is 0 Å². The number of carbonyl (C=O) groups is 1. The molecule has 0 amide bonds. The van der Waals surface area contributed by atoms with Crippen LogP contribution in [-0.4, -0.2) is 24.7 Å². The van der Waals surface area contributed by atoms with Crippen LogP contribution in [0.2, 0.25) is 5.02 Å². The number of unbranched alkanes of at least 4 members (excludes halogenated alkanes) is 2. The summed E-state index contributed by atoms with van der Waals surface area (Å²) in [5.41, 5.74) is 1.11. The highest BCUT2D eigenvalue weighted by molar-refractivity contribution is 6.33. The van der Waals surface area contributed by atoms with Gasteiger partial charge >= 0.3 is 5.97 Å². The van der Waals surface area contributed by atoms with Crippen molar-refractivity contribution in [3.05, 3.63) is 28.8 Å². The minimum absolute atomic E-state index is 0.223. The molecule has 17 heavy (non-hydrogen) atoms. The van der Waals surface area contributed by atoms with Crippen molar-refractivity contribution >= 4 is 23.3 Å². The van der Waals surface area contributed by atoms with E-state index < -0.39 is 5.97 Å². The highest BCUT2D eigenvalue weighted by Crippen LogP contribution is 2.26. The van der Waals surface area contributed by atoms with E-state index in [1.165, 1.54) is 18.9 Å². The Morgan fingerprint density at radius 2 is 2.12 bits per heavy atom. The average Bonchev–Trinajstić information content (AvgIpc) is 2.28. The molecule has 0 unspecified atom stereocenters. The van der Waals surface area contributed by atoms with Crippen molar-refractivity contribution < 1.29 is 9.90 Å². The van der Waals surface area contributed by atoms with Gasteiger partial charge in [0, 0.05) is 13.6 Å². The van der Waals surface area contributed by atoms with Crippen LogP contribution in [0.4, 0.5) is 5.69 Å². The van der Waals surface area contributed by atoms with Crippen LogP contribution >= 0.6 is 11.6 Å². The molecular weight excluding hydrogens is 238 g/mol. The fourth-order valence-corrected chi connectivity index (χ4v) is 1.99. The number of anilines is 1. The molecule has 0 fully saturated rings. The van der Waals surface area contributed by atoms with E-state index in [0.717, 1.165) is 18.7 Å². The molecule has 0 saturated carbocycles. The molecule has 0 aromatic heterocycles. The topological polar surface area (TPSA) is 40.5 Å². The Bertz CT molecular complexity index is 393. The van der Waals surface area contributed by atoms with E-state index in [1.807, 2.05) is 7.05 Å². The van der Waals surface area contributed by atoms with Crippen molar-refractivity contribution in [1.29, 1.82) is 0 Å². The van der Waals surface area contributed by atoms with Crippen LogP contribution in [0.5, 0.6) is 0 Å². The number of hydrogen-bond acceptors (Lipinski definition) is 2. The molecule has 0 aliphatic heterocycles. The first kappa shape index (κ1) is 13.8. The lowest BCUT2D eigenvalue weighted by Gasteiger charge is -2.20. The van der Waals surface area contributed by atoms with Crippen molar-refractivity contribution in [2.24, 2.45) is 0 Å². The fourth-order valence-electron chi connectivity index (χ4n) is 1.67. The highest BCUT2D eigenvalue weighted by Gasteiger charge is 2.09. The Hall–Kier alpha value is -1.22. The van der Waals surface area contributed by atoms with Gasteiger partial charge < -0.3 is 10.0 Å². The maximum absolute atomic E-state index is 10.8. The van der Waals surface area contributed by atoms with Gasteiger partial charge in [-0.3, -0.25) is 0 Å². The van der Waals surface area contributed by atoms with Crippen LogP contribution in [0.1, 0.15) is 36.5 Å². The van der Waals surface area contributed by atoms with Crippen molar-refractivity contribution in [3.8, 4) is 0 Å². The van der Waals surface area contributed by atoms with Gasteiger partial charge in [0.05, 0.1) is 16.3 Å². The quantitative estimate of drug-likeness (QED) is 0.789. The van der Waals surface area contributed by atoms with Gasteiger partial charge in [-0.15, -0.1) is 0 Å². The highest BCUT2D eigenvalue weighted by atomic mass is 35.5. The second-order valence-electron chi connectivity index (χ2n) is 4.10. The number of rotatable bonds is 6. The Morgan fingerprint density at radius 1 is 1.41 bits per heavy atom. The summed E-state index contributed by atoms with van der Waals surface area (Å²) in [6.45, 7) is 3.09. The van der Waals surface area contributed by atoms with Gasteiger partial charge in [-0.25, -0.2) is 4.79 Å². The standard InChI is InChI=1S/C13H18ClNO2/c1-3-4-5-8-15(2)12-7-6-10(13(16)17)9-11(12)14/h6-7,9H,3-5,8H2,1-2H3,(H,16,17). The van der Waals surface area contributed by atoms with Crippen LogP contribution in [0.3, 0.4) is 0 Å². The second kappa shape index (κ2) is 6.50. The van der Waals surface area contributed by atoms with E-state index >= 15 is 0 Å². The largest absolute Gasteiger partial charge is 0.478 e. The van der Waals surface area contributed by atoms with E-state index in [0.29, 0.717) is 5.02 Å². The molecule has 0 aliphatic rings. The molecule has 1 rings (SSSR count). The van der Waals surface area contributed by atoms with E-state index in [-0.39, 0.29) is 5.56 Å². The van der Waals surface area contributed by atoms with E-state index in [1.54, 1.807) is 12.1 Å². The SMILES string of the molecule is CCCCCN(C)c1ccc(C(=O)O)cc1Cl. The summed E-state index contributed by atoms with van der Waals surface area (Å²) in [5.74, 6) is -0.952. The summed E-state index contributed by atoms with van der Waals surface area (Å²) in [4.78, 5) is 12.8. The van der Waals surface area contributed by atoms with Crippen LogP contribution in [0.15, 0.2) is 18.2 Å². The molecule has 0 aliphatic carbocycles. The third-order valence-corrected chi connectivity index (χ3v) is 3.01. The normalized spacial score (nSPS) is 10.3. The van der Waals surface area contributed by atoms with Gasteiger partial charge in [0.1, 0.15) is 0 Å². The number of hydrogen-bond donors (Lipinski definition) is 1. The number of nitrogens with zero attached hydrogens (tertiary/aromatic N) is 1. The summed E-state index contributed by atoms with van der Waals surface area (Å²) in [7, 11) is 1.97. The lowest BCUT2D eigenvalue weighted by molar-refractivity contribution is 0.0697. The van der Waals surface area contributed by atoms with Crippen LogP contribution in [-0.2, 0) is 0 Å². The predicted molar refractivity (Wildman–Crippen MR) is 71.2 cm³/mol. The van der Waals surface area contributed by atoms with Gasteiger partial charge in [0.25, 0.3) is 0 Å². The minimum atomic E-state index is -0.952. The fraction of sp³-hybridized carbons (Fsp3) is 0.462. The smallest absolute Gasteiger partial charge is 0.335 e. The molecule has 4 heteroatoms. The monoisotopic (exact) mass is 255 g/mol. The minimum Gasteiger partial charge on any atom is -0.478 e. The average molecular weight is 256 g/mol. The summed E-state index contributed by atoms with van der Waals surface area (Å²) in [5, 5.41) is 9.33. The van der Waals surface area contributed by atoms with Gasteiger partial charge in [0.15, 0.2) is 0 Å². The van der Waals surface area contributed by atoms with Crippen LogP contribution in [0.25, 0.3) is 0 Å². The third-order valence-electron chi connectivity index (χ3n) is 2.70. The first-order valence-corrected chi connectivity index (χ1v) is 6.18. The Balaban J connectivity index is 2.74. The summed E-state index contributed by atoms with van der Waals surface area (Å²) >= 11 is 6.08. The number of carboxylic acids is 1. The second-order valence-corrected chi connectivity index (χ2v) is 4.51. The van der Waals surface area contributed by atoms with E-state index in [2.05, 4.69) is 11.8 Å². The van der Waals surface area contributed by atoms with Gasteiger partial charge in [-0.05, 0) is 24.6 Å². The molecule has 0 heterocycles. The predicted octanol–water partition coefficient (Wildman–Crippen LogP) is 3.66. The van der Waals surface area contributed by atoms with Crippen molar-refractivity contribution in [1.82, 2.24) is 0 Å². The molecule has 0 bridgehead atoms. The molecule has 0 atom stereocenters.